The number of benzene rings is 1. The minimum atomic E-state index is -0.701. The third kappa shape index (κ3) is 2.01. The summed E-state index contributed by atoms with van der Waals surface area (Å²) in [5, 5.41) is 9.02. The maximum Gasteiger partial charge on any atom is 0.304 e. The van der Waals surface area contributed by atoms with Crippen LogP contribution in [0.15, 0.2) is 22.7 Å². The quantitative estimate of drug-likeness (QED) is 0.919. The predicted molar refractivity (Wildman–Crippen MR) is 66.7 cm³/mol. The van der Waals surface area contributed by atoms with Crippen LogP contribution < -0.4 is 0 Å². The maximum atomic E-state index is 11.0. The van der Waals surface area contributed by atoms with Crippen molar-refractivity contribution in [2.75, 3.05) is 0 Å². The fourth-order valence-corrected chi connectivity index (χ4v) is 3.15. The Morgan fingerprint density at radius 2 is 2.19 bits per heavy atom. The predicted octanol–water partition coefficient (Wildman–Crippen LogP) is 3.65. The van der Waals surface area contributed by atoms with Crippen molar-refractivity contribution in [3.8, 4) is 0 Å². The van der Waals surface area contributed by atoms with E-state index in [4.69, 9.17) is 5.11 Å². The van der Waals surface area contributed by atoms with Crippen LogP contribution in [0.3, 0.4) is 0 Å². The fraction of sp³-hybridized carbons (Fsp3) is 0.462. The first kappa shape index (κ1) is 11.6. The summed E-state index contributed by atoms with van der Waals surface area (Å²) < 4.78 is 1.04. The molecule has 0 atom stereocenters. The molecule has 0 heterocycles. The molecular formula is C13H15BrO2. The van der Waals surface area contributed by atoms with E-state index in [2.05, 4.69) is 22.0 Å². The molecule has 0 aliphatic heterocycles. The normalized spacial score (nSPS) is 17.9. The Hall–Kier alpha value is -0.830. The number of aliphatic carboxylic acids is 1. The van der Waals surface area contributed by atoms with Gasteiger partial charge in [0.25, 0.3) is 0 Å². The van der Waals surface area contributed by atoms with E-state index in [0.717, 1.165) is 23.7 Å². The van der Waals surface area contributed by atoms with Crippen molar-refractivity contribution in [1.82, 2.24) is 0 Å². The first-order chi connectivity index (χ1) is 7.53. The van der Waals surface area contributed by atoms with E-state index < -0.39 is 5.97 Å². The Kier molecular flexibility index (Phi) is 3.06. The molecule has 1 aliphatic carbocycles. The highest BCUT2D eigenvalue weighted by molar-refractivity contribution is 9.10. The molecular weight excluding hydrogens is 268 g/mol. The van der Waals surface area contributed by atoms with Crippen molar-refractivity contribution >= 4 is 21.9 Å². The summed E-state index contributed by atoms with van der Waals surface area (Å²) in [6.07, 6.45) is 3.35. The Morgan fingerprint density at radius 1 is 1.50 bits per heavy atom. The second kappa shape index (κ2) is 4.21. The molecule has 16 heavy (non-hydrogen) atoms. The second-order valence-electron chi connectivity index (χ2n) is 4.69. The molecule has 0 bridgehead atoms. The molecule has 0 saturated heterocycles. The van der Waals surface area contributed by atoms with Crippen molar-refractivity contribution in [2.24, 2.45) is 0 Å². The van der Waals surface area contributed by atoms with Crippen molar-refractivity contribution in [3.05, 3.63) is 33.8 Å². The second-order valence-corrected chi connectivity index (χ2v) is 5.54. The van der Waals surface area contributed by atoms with Crippen LogP contribution in [0.4, 0.5) is 0 Å². The molecule has 1 fully saturated rings. The number of halogens is 1. The molecule has 86 valence electrons. The molecule has 2 nitrogen and oxygen atoms in total. The minimum Gasteiger partial charge on any atom is -0.481 e. The molecule has 1 aromatic carbocycles. The summed E-state index contributed by atoms with van der Waals surface area (Å²) in [7, 11) is 0. The van der Waals surface area contributed by atoms with Crippen LogP contribution in [0.1, 0.15) is 36.8 Å². The fourth-order valence-electron chi connectivity index (χ4n) is 2.48. The Bertz CT molecular complexity index is 422. The highest BCUT2D eigenvalue weighted by Gasteiger charge is 2.41. The van der Waals surface area contributed by atoms with E-state index in [0.29, 0.717) is 0 Å². The van der Waals surface area contributed by atoms with Gasteiger partial charge in [-0.25, -0.2) is 0 Å². The molecule has 0 amide bonds. The average molecular weight is 283 g/mol. The zero-order valence-corrected chi connectivity index (χ0v) is 10.9. The SMILES string of the molecule is Cc1ccc(Br)c(C2(CC(=O)O)CCC2)c1. The van der Waals surface area contributed by atoms with E-state index in [9.17, 15) is 4.79 Å². The van der Waals surface area contributed by atoms with Gasteiger partial charge in [-0.05, 0) is 31.4 Å². The molecule has 1 N–H and O–H groups in total. The van der Waals surface area contributed by atoms with Gasteiger partial charge in [-0.3, -0.25) is 4.79 Å². The number of rotatable bonds is 3. The molecule has 1 aromatic rings. The standard InChI is InChI=1S/C13H15BrO2/c1-9-3-4-11(14)10(7-9)13(5-2-6-13)8-12(15)16/h3-4,7H,2,5-6,8H2,1H3,(H,15,16). The van der Waals surface area contributed by atoms with Crippen LogP contribution >= 0.6 is 15.9 Å². The number of hydrogen-bond donors (Lipinski definition) is 1. The van der Waals surface area contributed by atoms with Crippen LogP contribution in [0.2, 0.25) is 0 Å². The summed E-state index contributed by atoms with van der Waals surface area (Å²) in [5.74, 6) is -0.701. The molecule has 0 radical (unpaired) electrons. The van der Waals surface area contributed by atoms with E-state index in [-0.39, 0.29) is 11.8 Å². The van der Waals surface area contributed by atoms with E-state index in [1.807, 2.05) is 19.1 Å². The minimum absolute atomic E-state index is 0.128. The smallest absolute Gasteiger partial charge is 0.304 e. The zero-order valence-electron chi connectivity index (χ0n) is 9.29. The van der Waals surface area contributed by atoms with E-state index in [1.165, 1.54) is 11.1 Å². The van der Waals surface area contributed by atoms with Crippen molar-refractivity contribution in [2.45, 2.75) is 38.0 Å². The number of carboxylic acids is 1. The maximum absolute atomic E-state index is 11.0. The van der Waals surface area contributed by atoms with Crippen LogP contribution in [0.5, 0.6) is 0 Å². The Morgan fingerprint density at radius 3 is 2.69 bits per heavy atom. The Balaban J connectivity index is 2.39. The summed E-state index contributed by atoms with van der Waals surface area (Å²) in [6.45, 7) is 2.04. The molecule has 0 spiro atoms. The van der Waals surface area contributed by atoms with Gasteiger partial charge < -0.3 is 5.11 Å². The third-order valence-corrected chi connectivity index (χ3v) is 4.18. The summed E-state index contributed by atoms with van der Waals surface area (Å²) in [6, 6.07) is 6.18. The van der Waals surface area contributed by atoms with Gasteiger partial charge >= 0.3 is 5.97 Å². The number of aryl methyl sites for hydroxylation is 1. The molecule has 1 saturated carbocycles. The molecule has 1 aliphatic rings. The van der Waals surface area contributed by atoms with Gasteiger partial charge in [-0.15, -0.1) is 0 Å². The third-order valence-electron chi connectivity index (χ3n) is 3.49. The van der Waals surface area contributed by atoms with E-state index >= 15 is 0 Å². The average Bonchev–Trinajstić information content (AvgIpc) is 2.15. The van der Waals surface area contributed by atoms with Gasteiger partial charge in [0, 0.05) is 9.89 Å². The van der Waals surface area contributed by atoms with Crippen molar-refractivity contribution in [1.29, 1.82) is 0 Å². The van der Waals surface area contributed by atoms with Crippen molar-refractivity contribution in [3.63, 3.8) is 0 Å². The van der Waals surface area contributed by atoms with Crippen LogP contribution in [0.25, 0.3) is 0 Å². The first-order valence-electron chi connectivity index (χ1n) is 5.52. The van der Waals surface area contributed by atoms with Gasteiger partial charge in [0.05, 0.1) is 6.42 Å². The van der Waals surface area contributed by atoms with Crippen LogP contribution in [0, 0.1) is 6.92 Å². The molecule has 3 heteroatoms. The van der Waals surface area contributed by atoms with Gasteiger partial charge in [0.15, 0.2) is 0 Å². The van der Waals surface area contributed by atoms with Gasteiger partial charge in [0.1, 0.15) is 0 Å². The molecule has 0 aromatic heterocycles. The van der Waals surface area contributed by atoms with Gasteiger partial charge in [0.2, 0.25) is 0 Å². The Labute approximate surface area is 104 Å². The lowest BCUT2D eigenvalue weighted by molar-refractivity contribution is -0.139. The summed E-state index contributed by atoms with van der Waals surface area (Å²) >= 11 is 3.54. The molecule has 2 rings (SSSR count). The highest BCUT2D eigenvalue weighted by atomic mass is 79.9. The summed E-state index contributed by atoms with van der Waals surface area (Å²) in [4.78, 5) is 11.0. The number of carboxylic acid groups (broad SMARTS) is 1. The lowest BCUT2D eigenvalue weighted by Gasteiger charge is -2.42. The van der Waals surface area contributed by atoms with Crippen molar-refractivity contribution < 1.29 is 9.90 Å². The van der Waals surface area contributed by atoms with E-state index in [1.54, 1.807) is 0 Å². The lowest BCUT2D eigenvalue weighted by atomic mass is 9.62. The largest absolute Gasteiger partial charge is 0.481 e. The van der Waals surface area contributed by atoms with Crippen LogP contribution in [-0.2, 0) is 10.2 Å². The lowest BCUT2D eigenvalue weighted by Crippen LogP contribution is -2.37. The highest BCUT2D eigenvalue weighted by Crippen LogP contribution is 2.48. The number of hydrogen-bond acceptors (Lipinski definition) is 1. The first-order valence-corrected chi connectivity index (χ1v) is 6.31. The monoisotopic (exact) mass is 282 g/mol. The molecule has 0 unspecified atom stereocenters. The summed E-state index contributed by atoms with van der Waals surface area (Å²) in [5.41, 5.74) is 2.23. The zero-order chi connectivity index (χ0) is 11.8. The van der Waals surface area contributed by atoms with Gasteiger partial charge in [-0.2, -0.15) is 0 Å². The topological polar surface area (TPSA) is 37.3 Å². The van der Waals surface area contributed by atoms with Gasteiger partial charge in [-0.1, -0.05) is 40.0 Å². The van der Waals surface area contributed by atoms with Crippen LogP contribution in [-0.4, -0.2) is 11.1 Å². The number of carbonyl (C=O) groups is 1.